The quantitative estimate of drug-likeness (QED) is 0.107. The zero-order chi connectivity index (χ0) is 97.7. The van der Waals surface area contributed by atoms with Crippen LogP contribution in [-0.4, -0.2) is 42.1 Å². The van der Waals surface area contributed by atoms with Gasteiger partial charge in [-0.05, 0) is 323 Å². The molecule has 0 radical (unpaired) electrons. The number of fused-ring (bicyclic) bond motifs is 18. The SMILES string of the molecule is CC12CCCCC1(C)N(c1ccccc1)c1ccc(-c3cccc(-c4ccc5c6c(-c7ccccc7)c7c8ccc(-c9cccc(-c%10ccc%11c(c%10)C%10(C)CCCCC%10(C)N%11c%10ccccc%10)n9)c9c(-c%10cccc(-c%11ccc%12c(c%11)C%11(C)CCCCC%11(C)N%12c%11ccccc%11)n%10)ccc(c7c(-c7ccccc7)c6c6ccc(-c7cccc(-c%10ccc%11c(c%10)C%10(C)CCCCC%10(C)N%11c%10ccccc%10)n7)c4c56)c98)n3)cc12. The van der Waals surface area contributed by atoms with Crippen molar-refractivity contribution in [3.8, 4) is 112 Å². The molecule has 29 rings (SSSR count). The Hall–Kier alpha value is -15.4. The van der Waals surface area contributed by atoms with Crippen LogP contribution < -0.4 is 19.6 Å². The second-order valence-electron chi connectivity index (χ2n) is 45.6. The van der Waals surface area contributed by atoms with Gasteiger partial charge in [-0.25, -0.2) is 19.9 Å². The minimum absolute atomic E-state index is 0.0852. The van der Waals surface area contributed by atoms with Crippen molar-refractivity contribution in [3.05, 3.63) is 398 Å². The van der Waals surface area contributed by atoms with Gasteiger partial charge in [-0.2, -0.15) is 0 Å². The molecular formula is C138H118N8. The fourth-order valence-corrected chi connectivity index (χ4v) is 30.8. The maximum atomic E-state index is 6.01. The summed E-state index contributed by atoms with van der Waals surface area (Å²) in [5.74, 6) is 0. The van der Waals surface area contributed by atoms with Crippen LogP contribution in [0.15, 0.2) is 376 Å². The van der Waals surface area contributed by atoms with Crippen molar-refractivity contribution in [1.82, 2.24) is 19.9 Å². The van der Waals surface area contributed by atoms with Crippen molar-refractivity contribution >= 4 is 110 Å². The van der Waals surface area contributed by atoms with Crippen molar-refractivity contribution in [1.29, 1.82) is 0 Å². The average molecular weight is 1890 g/mol. The van der Waals surface area contributed by atoms with E-state index in [0.717, 1.165) is 163 Å². The Morgan fingerprint density at radius 2 is 0.390 bits per heavy atom. The van der Waals surface area contributed by atoms with Gasteiger partial charge in [-0.15, -0.1) is 0 Å². The molecule has 8 aliphatic rings. The Morgan fingerprint density at radius 1 is 0.178 bits per heavy atom. The number of pyridine rings is 4. The van der Waals surface area contributed by atoms with Crippen molar-refractivity contribution in [3.63, 3.8) is 0 Å². The van der Waals surface area contributed by atoms with E-state index < -0.39 is 0 Å². The highest BCUT2D eigenvalue weighted by atomic mass is 15.3. The topological polar surface area (TPSA) is 64.5 Å². The Balaban J connectivity index is 0.671. The number of nitrogens with zero attached hydrogens (tertiary/aromatic N) is 8. The van der Waals surface area contributed by atoms with Gasteiger partial charge in [0.2, 0.25) is 0 Å². The van der Waals surface area contributed by atoms with E-state index in [-0.39, 0.29) is 43.8 Å². The molecule has 0 saturated heterocycles. The summed E-state index contributed by atoms with van der Waals surface area (Å²) in [6.07, 6.45) is 18.6. The Labute approximate surface area is 856 Å². The molecule has 0 N–H and O–H groups in total. The summed E-state index contributed by atoms with van der Waals surface area (Å²) < 4.78 is 0. The van der Waals surface area contributed by atoms with Gasteiger partial charge < -0.3 is 19.6 Å². The first-order chi connectivity index (χ1) is 71.4. The van der Waals surface area contributed by atoms with Gasteiger partial charge in [0.15, 0.2) is 0 Å². The summed E-state index contributed by atoms with van der Waals surface area (Å²) in [4.78, 5) is 34.7. The van der Waals surface area contributed by atoms with Crippen LogP contribution in [0.1, 0.15) is 180 Å². The van der Waals surface area contributed by atoms with E-state index in [1.54, 1.807) is 0 Å². The minimum Gasteiger partial charge on any atom is -0.334 e. The standard InChI is InChI=1S/C138H118N8/c1-131-75-27-31-79-135(131,5)143(93-43-19-11-20-44-93)117-71-59-89(83-105(117)131)109-51-35-55-113(139-109)97-63-67-101-125-102(68-64-98(123(97)125)114-56-36-52-110(140-114)90-60-72-118-106(84-90)132(2)76-28-32-80-136(132,6)144(118)94-45-21-12-22-46-94)128-122(88-41-17-10-18-42-88)130-104-70-66-100(116-58-38-54-112(142-116)92-62-74-120-108(86-92)134(4)78-30-34-82-138(134,8)146(120)96-49-25-14-26-50-96)124-99(65-69-103(126(104)124)129(130)121(127(101)128)87-39-15-9-16-40-87)115-57-37-53-111(141-115)91-61-73-119-107(85-91)133(3)77-29-33-81-137(133,7)145(119)95-47-23-13-24-48-95/h9-26,35-74,83-86H,27-34,75-82H2,1-8H3. The maximum absolute atomic E-state index is 6.01. The lowest BCUT2D eigenvalue weighted by molar-refractivity contribution is 0.195. The molecule has 8 heterocycles. The van der Waals surface area contributed by atoms with E-state index in [0.29, 0.717) is 0 Å². The highest BCUT2D eigenvalue weighted by molar-refractivity contribution is 6.48. The van der Waals surface area contributed by atoms with E-state index in [1.807, 2.05) is 0 Å². The zero-order valence-corrected chi connectivity index (χ0v) is 84.7. The summed E-state index contributed by atoms with van der Waals surface area (Å²) in [7, 11) is 0. The number of para-hydroxylation sites is 4. The summed E-state index contributed by atoms with van der Waals surface area (Å²) in [6.45, 7) is 20.3. The van der Waals surface area contributed by atoms with Gasteiger partial charge in [0.25, 0.3) is 0 Å². The first-order valence-electron chi connectivity index (χ1n) is 53.8. The molecule has 4 aliphatic carbocycles. The van der Waals surface area contributed by atoms with E-state index in [1.165, 1.54) is 184 Å². The third-order valence-corrected chi connectivity index (χ3v) is 38.8. The van der Waals surface area contributed by atoms with E-state index >= 15 is 0 Å². The maximum Gasteiger partial charge on any atom is 0.0716 e. The highest BCUT2D eigenvalue weighted by Gasteiger charge is 2.62. The number of anilines is 8. The van der Waals surface area contributed by atoms with E-state index in [4.69, 9.17) is 19.9 Å². The van der Waals surface area contributed by atoms with E-state index in [9.17, 15) is 0 Å². The molecule has 0 bridgehead atoms. The molecule has 4 aromatic heterocycles. The van der Waals surface area contributed by atoms with Crippen LogP contribution in [0.4, 0.5) is 45.5 Å². The summed E-state index contributed by atoms with van der Waals surface area (Å²) >= 11 is 0. The predicted molar refractivity (Wildman–Crippen MR) is 611 cm³/mol. The summed E-state index contributed by atoms with van der Waals surface area (Å²) in [5, 5.41) is 14.3. The van der Waals surface area contributed by atoms with Crippen LogP contribution in [-0.2, 0) is 21.7 Å². The smallest absolute Gasteiger partial charge is 0.0716 e. The highest BCUT2D eigenvalue weighted by Crippen LogP contribution is 2.68. The molecule has 8 nitrogen and oxygen atoms in total. The Kier molecular flexibility index (Phi) is 19.2. The number of rotatable bonds is 14. The Morgan fingerprint density at radius 3 is 0.623 bits per heavy atom. The van der Waals surface area contributed by atoms with Crippen molar-refractivity contribution in [2.24, 2.45) is 0 Å². The van der Waals surface area contributed by atoms with Crippen LogP contribution in [0.5, 0.6) is 0 Å². The summed E-state index contributed by atoms with van der Waals surface area (Å²) in [5.41, 5.74) is 36.1. The van der Waals surface area contributed by atoms with Crippen LogP contribution in [0.25, 0.3) is 177 Å². The van der Waals surface area contributed by atoms with Crippen molar-refractivity contribution in [2.45, 2.75) is 202 Å². The van der Waals surface area contributed by atoms with Gasteiger partial charge in [0.1, 0.15) is 0 Å². The fraction of sp³-hybridized carbons (Fsp3) is 0.232. The molecule has 8 atom stereocenters. The molecule has 0 amide bonds. The number of aromatic nitrogens is 4. The average Bonchev–Trinajstić information content (AvgIpc) is 1.52. The van der Waals surface area contributed by atoms with Crippen molar-refractivity contribution < 1.29 is 0 Å². The molecule has 8 heteroatoms. The molecule has 4 saturated carbocycles. The third-order valence-electron chi connectivity index (χ3n) is 38.8. The monoisotopic (exact) mass is 1890 g/mol. The van der Waals surface area contributed by atoms with Crippen LogP contribution in [0, 0.1) is 0 Å². The molecule has 4 aliphatic heterocycles. The number of hydrogen-bond acceptors (Lipinski definition) is 8. The summed E-state index contributed by atoms with van der Waals surface area (Å²) in [6, 6.07) is 143. The first-order valence-corrected chi connectivity index (χ1v) is 53.8. The van der Waals surface area contributed by atoms with Gasteiger partial charge in [0, 0.05) is 122 Å². The van der Waals surface area contributed by atoms with Gasteiger partial charge in [-0.1, -0.05) is 310 Å². The predicted octanol–water partition coefficient (Wildman–Crippen LogP) is 36.7. The zero-order valence-electron chi connectivity index (χ0n) is 84.7. The lowest BCUT2D eigenvalue weighted by Gasteiger charge is -2.50. The molecule has 17 aromatic carbocycles. The molecule has 21 aromatic rings. The minimum atomic E-state index is -0.101. The van der Waals surface area contributed by atoms with E-state index in [2.05, 4.69) is 451 Å². The number of benzene rings is 15. The third kappa shape index (κ3) is 12.1. The second-order valence-corrected chi connectivity index (χ2v) is 45.6. The normalized spacial score (nSPS) is 23.3. The van der Waals surface area contributed by atoms with Gasteiger partial charge in [0.05, 0.1) is 67.7 Å². The first kappa shape index (κ1) is 87.2. The van der Waals surface area contributed by atoms with Crippen LogP contribution in [0.2, 0.25) is 0 Å². The van der Waals surface area contributed by atoms with Crippen molar-refractivity contribution in [2.75, 3.05) is 19.6 Å². The lowest BCUT2D eigenvalue weighted by Crippen LogP contribution is -2.54. The molecular weight excluding hydrogens is 1770 g/mol. The largest absolute Gasteiger partial charge is 0.334 e. The Bertz CT molecular complexity index is 7950. The van der Waals surface area contributed by atoms with Gasteiger partial charge in [-0.3, -0.25) is 0 Å². The lowest BCUT2D eigenvalue weighted by atomic mass is 9.61. The molecule has 0 spiro atoms. The fourth-order valence-electron chi connectivity index (χ4n) is 30.8. The van der Waals surface area contributed by atoms with Crippen LogP contribution >= 0.6 is 0 Å². The number of hydrogen-bond donors (Lipinski definition) is 0. The second kappa shape index (κ2) is 32.1. The molecule has 710 valence electrons. The van der Waals surface area contributed by atoms with Gasteiger partial charge >= 0.3 is 0 Å². The molecule has 146 heavy (non-hydrogen) atoms. The molecule has 4 fully saturated rings. The molecule has 8 unspecified atom stereocenters. The van der Waals surface area contributed by atoms with Crippen LogP contribution in [0.3, 0.4) is 0 Å².